The Morgan fingerprint density at radius 2 is 2.05 bits per heavy atom. The molecule has 1 aliphatic rings. The molecule has 104 valence electrons. The van der Waals surface area contributed by atoms with Crippen molar-refractivity contribution in [1.82, 2.24) is 10.6 Å². The maximum absolute atomic E-state index is 11.9. The van der Waals surface area contributed by atoms with E-state index in [9.17, 15) is 4.79 Å². The summed E-state index contributed by atoms with van der Waals surface area (Å²) in [6.07, 6.45) is 0.838. The molecule has 1 atom stereocenters. The minimum absolute atomic E-state index is 0.0339. The minimum Gasteiger partial charge on any atom is -0.358 e. The molecule has 1 aromatic rings. The number of piperazine rings is 1. The van der Waals surface area contributed by atoms with Gasteiger partial charge in [0.2, 0.25) is 5.91 Å². The van der Waals surface area contributed by atoms with E-state index in [-0.39, 0.29) is 11.9 Å². The van der Waals surface area contributed by atoms with Crippen LogP contribution in [0.2, 0.25) is 0 Å². The average molecular weight is 261 g/mol. The third-order valence-electron chi connectivity index (χ3n) is 3.56. The molecule has 0 saturated carbocycles. The molecule has 1 amide bonds. The molecule has 0 aliphatic carbocycles. The highest BCUT2D eigenvalue weighted by Crippen LogP contribution is 2.21. The van der Waals surface area contributed by atoms with Crippen molar-refractivity contribution in [3.05, 3.63) is 29.8 Å². The summed E-state index contributed by atoms with van der Waals surface area (Å²) < 4.78 is 0. The molecule has 0 spiro atoms. The Balaban J connectivity index is 2.09. The van der Waals surface area contributed by atoms with Gasteiger partial charge in [0.1, 0.15) is 6.04 Å². The Morgan fingerprint density at radius 1 is 1.32 bits per heavy atom. The van der Waals surface area contributed by atoms with Gasteiger partial charge in [-0.25, -0.2) is 0 Å². The predicted octanol–water partition coefficient (Wildman–Crippen LogP) is 1.51. The molecule has 2 rings (SSSR count). The minimum atomic E-state index is -0.0339. The fourth-order valence-corrected chi connectivity index (χ4v) is 2.50. The molecule has 1 fully saturated rings. The zero-order chi connectivity index (χ0) is 13.7. The first-order chi connectivity index (χ1) is 9.26. The second-order valence-corrected chi connectivity index (χ2v) is 4.86. The predicted molar refractivity (Wildman–Crippen MR) is 78.3 cm³/mol. The summed E-state index contributed by atoms with van der Waals surface area (Å²) in [6.45, 7) is 7.65. The molecule has 1 saturated heterocycles. The number of benzene rings is 1. The van der Waals surface area contributed by atoms with E-state index in [0.717, 1.165) is 38.3 Å². The Morgan fingerprint density at radius 3 is 2.68 bits per heavy atom. The topological polar surface area (TPSA) is 44.4 Å². The van der Waals surface area contributed by atoms with Crippen LogP contribution in [0.25, 0.3) is 0 Å². The van der Waals surface area contributed by atoms with Crippen LogP contribution in [0.4, 0.5) is 5.69 Å². The first kappa shape index (κ1) is 13.9. The monoisotopic (exact) mass is 261 g/mol. The van der Waals surface area contributed by atoms with Crippen molar-refractivity contribution in [2.24, 2.45) is 0 Å². The Labute approximate surface area is 115 Å². The van der Waals surface area contributed by atoms with Gasteiger partial charge in [0.15, 0.2) is 0 Å². The second-order valence-electron chi connectivity index (χ2n) is 4.86. The number of hydrogen-bond donors (Lipinski definition) is 2. The van der Waals surface area contributed by atoms with E-state index < -0.39 is 0 Å². The molecule has 0 bridgehead atoms. The van der Waals surface area contributed by atoms with Gasteiger partial charge in [-0.1, -0.05) is 26.0 Å². The third kappa shape index (κ3) is 3.26. The van der Waals surface area contributed by atoms with Crippen molar-refractivity contribution in [3.63, 3.8) is 0 Å². The van der Waals surface area contributed by atoms with Gasteiger partial charge in [0.05, 0.1) is 0 Å². The number of hydrogen-bond acceptors (Lipinski definition) is 3. The molecule has 4 heteroatoms. The zero-order valence-electron chi connectivity index (χ0n) is 11.8. The van der Waals surface area contributed by atoms with Crippen molar-refractivity contribution >= 4 is 11.6 Å². The number of carbonyl (C=O) groups excluding carboxylic acids is 1. The van der Waals surface area contributed by atoms with Crippen LogP contribution in [0, 0.1) is 0 Å². The van der Waals surface area contributed by atoms with Crippen LogP contribution in [-0.2, 0) is 11.3 Å². The third-order valence-corrected chi connectivity index (χ3v) is 3.56. The van der Waals surface area contributed by atoms with Gasteiger partial charge in [0.25, 0.3) is 0 Å². The molecule has 2 N–H and O–H groups in total. The van der Waals surface area contributed by atoms with Crippen molar-refractivity contribution in [2.45, 2.75) is 32.9 Å². The smallest absolute Gasteiger partial charge is 0.242 e. The van der Waals surface area contributed by atoms with Crippen LogP contribution in [0.5, 0.6) is 0 Å². The highest BCUT2D eigenvalue weighted by atomic mass is 16.2. The highest BCUT2D eigenvalue weighted by molar-refractivity contribution is 5.86. The number of nitrogens with zero attached hydrogens (tertiary/aromatic N) is 1. The Bertz CT molecular complexity index is 416. The van der Waals surface area contributed by atoms with Gasteiger partial charge in [-0.05, 0) is 30.7 Å². The van der Waals surface area contributed by atoms with Crippen LogP contribution in [0.15, 0.2) is 24.3 Å². The van der Waals surface area contributed by atoms with Crippen molar-refractivity contribution in [2.75, 3.05) is 24.5 Å². The van der Waals surface area contributed by atoms with E-state index in [0.29, 0.717) is 0 Å². The second kappa shape index (κ2) is 6.57. The molecule has 1 aromatic carbocycles. The van der Waals surface area contributed by atoms with Crippen molar-refractivity contribution in [3.8, 4) is 0 Å². The fourth-order valence-electron chi connectivity index (χ4n) is 2.50. The van der Waals surface area contributed by atoms with Gasteiger partial charge in [-0.2, -0.15) is 0 Å². The largest absolute Gasteiger partial charge is 0.358 e. The Hall–Kier alpha value is -1.55. The van der Waals surface area contributed by atoms with E-state index in [1.165, 1.54) is 5.56 Å². The van der Waals surface area contributed by atoms with E-state index in [1.54, 1.807) is 0 Å². The molecular formula is C15H23N3O. The SMILES string of the molecule is CCNCc1ccc(N2CCNC(=O)C2CC)cc1. The lowest BCUT2D eigenvalue weighted by Gasteiger charge is -2.36. The van der Waals surface area contributed by atoms with Crippen molar-refractivity contribution in [1.29, 1.82) is 0 Å². The van der Waals surface area contributed by atoms with Crippen LogP contribution >= 0.6 is 0 Å². The summed E-state index contributed by atoms with van der Waals surface area (Å²) in [5.74, 6) is 0.144. The normalized spacial score (nSPS) is 19.4. The van der Waals surface area contributed by atoms with E-state index in [2.05, 4.69) is 53.6 Å². The zero-order valence-corrected chi connectivity index (χ0v) is 11.8. The molecule has 1 unspecified atom stereocenters. The van der Waals surface area contributed by atoms with Crippen LogP contribution in [0.1, 0.15) is 25.8 Å². The van der Waals surface area contributed by atoms with E-state index >= 15 is 0 Å². The molecule has 0 radical (unpaired) electrons. The quantitative estimate of drug-likeness (QED) is 0.844. The first-order valence-corrected chi connectivity index (χ1v) is 7.10. The maximum Gasteiger partial charge on any atom is 0.242 e. The molecule has 1 aliphatic heterocycles. The molecule has 1 heterocycles. The molecular weight excluding hydrogens is 238 g/mol. The highest BCUT2D eigenvalue weighted by Gasteiger charge is 2.27. The summed E-state index contributed by atoms with van der Waals surface area (Å²) in [6, 6.07) is 8.48. The fraction of sp³-hybridized carbons (Fsp3) is 0.533. The van der Waals surface area contributed by atoms with Crippen molar-refractivity contribution < 1.29 is 4.79 Å². The van der Waals surface area contributed by atoms with E-state index in [1.807, 2.05) is 0 Å². The van der Waals surface area contributed by atoms with Gasteiger partial charge >= 0.3 is 0 Å². The number of rotatable bonds is 5. The number of anilines is 1. The van der Waals surface area contributed by atoms with Crippen LogP contribution in [0.3, 0.4) is 0 Å². The van der Waals surface area contributed by atoms with Crippen LogP contribution in [-0.4, -0.2) is 31.6 Å². The summed E-state index contributed by atoms with van der Waals surface area (Å²) in [7, 11) is 0. The van der Waals surface area contributed by atoms with Gasteiger partial charge < -0.3 is 15.5 Å². The summed E-state index contributed by atoms with van der Waals surface area (Å²) in [5.41, 5.74) is 2.42. The van der Waals surface area contributed by atoms with Crippen LogP contribution < -0.4 is 15.5 Å². The lowest BCUT2D eigenvalue weighted by Crippen LogP contribution is -2.55. The Kier molecular flexibility index (Phi) is 4.80. The standard InChI is InChI=1S/C15H23N3O/c1-3-14-15(19)17-9-10-18(14)13-7-5-12(6-8-13)11-16-4-2/h5-8,14,16H,3-4,9-11H2,1-2H3,(H,17,19). The first-order valence-electron chi connectivity index (χ1n) is 7.10. The number of nitrogens with one attached hydrogen (secondary N) is 2. The molecule has 19 heavy (non-hydrogen) atoms. The van der Waals surface area contributed by atoms with Gasteiger partial charge in [-0.15, -0.1) is 0 Å². The number of carbonyl (C=O) groups is 1. The molecule has 0 aromatic heterocycles. The maximum atomic E-state index is 11.9. The summed E-state index contributed by atoms with van der Waals surface area (Å²) in [4.78, 5) is 14.1. The molecule has 4 nitrogen and oxygen atoms in total. The average Bonchev–Trinajstić information content (AvgIpc) is 2.45. The summed E-state index contributed by atoms with van der Waals surface area (Å²) in [5, 5.41) is 6.24. The van der Waals surface area contributed by atoms with E-state index in [4.69, 9.17) is 0 Å². The summed E-state index contributed by atoms with van der Waals surface area (Å²) >= 11 is 0. The lowest BCUT2D eigenvalue weighted by molar-refractivity contribution is -0.123. The number of amides is 1. The lowest BCUT2D eigenvalue weighted by atomic mass is 10.1. The van der Waals surface area contributed by atoms with Gasteiger partial charge in [0, 0.05) is 25.3 Å². The van der Waals surface area contributed by atoms with Gasteiger partial charge in [-0.3, -0.25) is 4.79 Å².